The highest BCUT2D eigenvalue weighted by Gasteiger charge is 2.10. The fourth-order valence-electron chi connectivity index (χ4n) is 1.28. The molecule has 1 rings (SSSR count). The third kappa shape index (κ3) is 3.53. The van der Waals surface area contributed by atoms with E-state index in [0.717, 1.165) is 0 Å². The molecule has 82 valence electrons. The second-order valence-corrected chi connectivity index (χ2v) is 3.86. The van der Waals surface area contributed by atoms with Crippen LogP contribution in [0.15, 0.2) is 18.2 Å². The zero-order valence-electron chi connectivity index (χ0n) is 8.34. The van der Waals surface area contributed by atoms with Gasteiger partial charge in [-0.2, -0.15) is 0 Å². The molecular weight excluding hydrogens is 218 g/mol. The molecule has 0 unspecified atom stereocenters. The fraction of sp³-hybridized carbons (Fsp3) is 0.300. The largest absolute Gasteiger partial charge is 0.392 e. The molecule has 0 fully saturated rings. The van der Waals surface area contributed by atoms with Crippen LogP contribution < -0.4 is 5.73 Å². The summed E-state index contributed by atoms with van der Waals surface area (Å²) in [6.45, 7) is 0.485. The molecule has 0 spiro atoms. The molecule has 0 bridgehead atoms. The van der Waals surface area contributed by atoms with Gasteiger partial charge in [0.1, 0.15) is 11.6 Å². The number of hydrogen-bond acceptors (Lipinski definition) is 2. The van der Waals surface area contributed by atoms with Crippen molar-refractivity contribution in [3.05, 3.63) is 35.4 Å². The van der Waals surface area contributed by atoms with Crippen molar-refractivity contribution in [3.63, 3.8) is 0 Å². The van der Waals surface area contributed by atoms with Crippen LogP contribution in [0.1, 0.15) is 5.56 Å². The number of rotatable bonds is 4. The Bertz CT molecular complexity index is 348. The molecule has 1 aromatic rings. The monoisotopic (exact) mass is 230 g/mol. The van der Waals surface area contributed by atoms with E-state index in [9.17, 15) is 8.78 Å². The molecule has 0 atom stereocenters. The number of nitrogens with two attached hydrogens (primary N) is 1. The molecule has 0 aromatic heterocycles. The van der Waals surface area contributed by atoms with Crippen LogP contribution in [-0.2, 0) is 6.54 Å². The van der Waals surface area contributed by atoms with Crippen LogP contribution in [-0.4, -0.2) is 23.5 Å². The molecule has 0 amide bonds. The van der Waals surface area contributed by atoms with Crippen molar-refractivity contribution < 1.29 is 8.78 Å². The first-order chi connectivity index (χ1) is 7.00. The summed E-state index contributed by atoms with van der Waals surface area (Å²) in [4.78, 5) is 1.96. The predicted molar refractivity (Wildman–Crippen MR) is 59.5 cm³/mol. The maximum absolute atomic E-state index is 13.2. The van der Waals surface area contributed by atoms with Crippen LogP contribution in [0.25, 0.3) is 0 Å². The van der Waals surface area contributed by atoms with E-state index in [0.29, 0.717) is 11.5 Å². The van der Waals surface area contributed by atoms with Crippen molar-refractivity contribution in [2.24, 2.45) is 5.73 Å². The lowest BCUT2D eigenvalue weighted by Gasteiger charge is -2.16. The standard InChI is InChI=1S/C10H12F2N2S/c1-14(6-10(13)15)5-7-8(11)3-2-4-9(7)12/h2-4H,5-6H2,1H3,(H2,13,15). The third-order valence-corrected chi connectivity index (χ3v) is 2.04. The highest BCUT2D eigenvalue weighted by atomic mass is 32.1. The van der Waals surface area contributed by atoms with Crippen molar-refractivity contribution in [2.45, 2.75) is 6.54 Å². The molecule has 2 nitrogen and oxygen atoms in total. The van der Waals surface area contributed by atoms with Crippen LogP contribution in [0.3, 0.4) is 0 Å². The van der Waals surface area contributed by atoms with Crippen molar-refractivity contribution in [1.29, 1.82) is 0 Å². The Balaban J connectivity index is 2.76. The molecule has 15 heavy (non-hydrogen) atoms. The highest BCUT2D eigenvalue weighted by Crippen LogP contribution is 2.13. The quantitative estimate of drug-likeness (QED) is 0.798. The van der Waals surface area contributed by atoms with Gasteiger partial charge in [0.25, 0.3) is 0 Å². The van der Waals surface area contributed by atoms with E-state index in [4.69, 9.17) is 18.0 Å². The van der Waals surface area contributed by atoms with E-state index in [1.54, 1.807) is 11.9 Å². The average Bonchev–Trinajstić information content (AvgIpc) is 2.10. The normalized spacial score (nSPS) is 10.7. The van der Waals surface area contributed by atoms with Crippen molar-refractivity contribution in [1.82, 2.24) is 4.90 Å². The van der Waals surface area contributed by atoms with E-state index in [1.165, 1.54) is 18.2 Å². The van der Waals surface area contributed by atoms with E-state index >= 15 is 0 Å². The zero-order chi connectivity index (χ0) is 11.4. The molecule has 5 heteroatoms. The van der Waals surface area contributed by atoms with Gasteiger partial charge in [-0.15, -0.1) is 0 Å². The summed E-state index contributed by atoms with van der Waals surface area (Å²) in [7, 11) is 1.70. The summed E-state index contributed by atoms with van der Waals surface area (Å²) < 4.78 is 26.4. The molecule has 0 saturated carbocycles. The van der Waals surface area contributed by atoms with Gasteiger partial charge in [-0.25, -0.2) is 8.78 Å². The SMILES string of the molecule is CN(CC(N)=S)Cc1c(F)cccc1F. The molecule has 1 aromatic carbocycles. The van der Waals surface area contributed by atoms with Gasteiger partial charge in [-0.1, -0.05) is 18.3 Å². The van der Waals surface area contributed by atoms with Crippen molar-refractivity contribution >= 4 is 17.2 Å². The summed E-state index contributed by atoms with van der Waals surface area (Å²) in [6, 6.07) is 3.79. The fourth-order valence-corrected chi connectivity index (χ4v) is 1.50. The second kappa shape index (κ2) is 5.14. The van der Waals surface area contributed by atoms with E-state index in [1.807, 2.05) is 0 Å². The molecule has 0 heterocycles. The minimum Gasteiger partial charge on any atom is -0.392 e. The summed E-state index contributed by atoms with van der Waals surface area (Å²) in [5.74, 6) is -1.10. The Morgan fingerprint density at radius 2 is 1.93 bits per heavy atom. The lowest BCUT2D eigenvalue weighted by molar-refractivity contribution is 0.357. The Kier molecular flexibility index (Phi) is 4.11. The van der Waals surface area contributed by atoms with Crippen molar-refractivity contribution in [3.8, 4) is 0 Å². The molecule has 0 aliphatic carbocycles. The lowest BCUT2D eigenvalue weighted by Crippen LogP contribution is -2.29. The molecule has 0 aliphatic rings. The van der Waals surface area contributed by atoms with E-state index in [-0.39, 0.29) is 12.1 Å². The van der Waals surface area contributed by atoms with Crippen LogP contribution in [0.4, 0.5) is 8.78 Å². The Labute approximate surface area is 92.7 Å². The zero-order valence-corrected chi connectivity index (χ0v) is 9.15. The minimum absolute atomic E-state index is 0.0382. The number of hydrogen-bond donors (Lipinski definition) is 1. The maximum atomic E-state index is 13.2. The smallest absolute Gasteiger partial charge is 0.130 e. The summed E-state index contributed by atoms with van der Waals surface area (Å²) >= 11 is 4.70. The lowest BCUT2D eigenvalue weighted by atomic mass is 10.2. The summed E-state index contributed by atoms with van der Waals surface area (Å²) in [6.07, 6.45) is 0. The van der Waals surface area contributed by atoms with E-state index < -0.39 is 11.6 Å². The first-order valence-electron chi connectivity index (χ1n) is 4.40. The molecule has 0 radical (unpaired) electrons. The average molecular weight is 230 g/mol. The number of halogens is 2. The number of benzene rings is 1. The number of nitrogens with zero attached hydrogens (tertiary/aromatic N) is 1. The second-order valence-electron chi connectivity index (χ2n) is 3.34. The molecule has 0 aliphatic heterocycles. The van der Waals surface area contributed by atoms with E-state index in [2.05, 4.69) is 0 Å². The highest BCUT2D eigenvalue weighted by molar-refractivity contribution is 7.80. The van der Waals surface area contributed by atoms with Gasteiger partial charge in [-0.05, 0) is 19.2 Å². The van der Waals surface area contributed by atoms with Gasteiger partial charge in [0.2, 0.25) is 0 Å². The first-order valence-corrected chi connectivity index (χ1v) is 4.81. The van der Waals surface area contributed by atoms with Crippen LogP contribution in [0.5, 0.6) is 0 Å². The third-order valence-electron chi connectivity index (χ3n) is 1.92. The number of likely N-dealkylation sites (N-methyl/N-ethyl adjacent to an activating group) is 1. The molecule has 0 saturated heterocycles. The van der Waals surface area contributed by atoms with Crippen molar-refractivity contribution in [2.75, 3.05) is 13.6 Å². The first kappa shape index (κ1) is 12.0. The summed E-state index contributed by atoms with van der Waals surface area (Å²) in [5, 5.41) is 0. The Hall–Kier alpha value is -1.07. The van der Waals surface area contributed by atoms with Gasteiger partial charge < -0.3 is 5.73 Å². The molecular formula is C10H12F2N2S. The topological polar surface area (TPSA) is 29.3 Å². The van der Waals surface area contributed by atoms with Gasteiger partial charge in [0.05, 0.1) is 4.99 Å². The predicted octanol–water partition coefficient (Wildman–Crippen LogP) is 1.68. The van der Waals surface area contributed by atoms with Crippen LogP contribution >= 0.6 is 12.2 Å². The Morgan fingerprint density at radius 3 is 2.40 bits per heavy atom. The molecule has 2 N–H and O–H groups in total. The maximum Gasteiger partial charge on any atom is 0.130 e. The summed E-state index contributed by atoms with van der Waals surface area (Å²) in [5.41, 5.74) is 5.36. The van der Waals surface area contributed by atoms with Gasteiger partial charge in [-0.3, -0.25) is 4.90 Å². The van der Waals surface area contributed by atoms with Gasteiger partial charge in [0, 0.05) is 18.7 Å². The van der Waals surface area contributed by atoms with Crippen LogP contribution in [0, 0.1) is 11.6 Å². The minimum atomic E-state index is -0.551. The van der Waals surface area contributed by atoms with Gasteiger partial charge in [0.15, 0.2) is 0 Å². The van der Waals surface area contributed by atoms with Gasteiger partial charge >= 0.3 is 0 Å². The number of thiocarbonyl (C=S) groups is 1. The Morgan fingerprint density at radius 1 is 1.40 bits per heavy atom. The van der Waals surface area contributed by atoms with Crippen LogP contribution in [0.2, 0.25) is 0 Å².